The molecule has 1 aliphatic rings. The van der Waals surface area contributed by atoms with E-state index in [0.717, 1.165) is 17.4 Å². The van der Waals surface area contributed by atoms with Gasteiger partial charge in [0.25, 0.3) is 0 Å². The van der Waals surface area contributed by atoms with Gasteiger partial charge in [-0.25, -0.2) is 8.42 Å². The van der Waals surface area contributed by atoms with Crippen LogP contribution in [0.15, 0.2) is 18.2 Å². The molecule has 18 heavy (non-hydrogen) atoms. The second-order valence-electron chi connectivity index (χ2n) is 4.65. The van der Waals surface area contributed by atoms with Gasteiger partial charge in [0.05, 0.1) is 18.4 Å². The van der Waals surface area contributed by atoms with Gasteiger partial charge in [-0.2, -0.15) is 0 Å². The van der Waals surface area contributed by atoms with E-state index < -0.39 is 16.0 Å². The lowest BCUT2D eigenvalue weighted by atomic mass is 9.97. The molecule has 1 atom stereocenters. The Labute approximate surface area is 106 Å². The monoisotopic (exact) mass is 269 g/mol. The largest absolute Gasteiger partial charge is 0.481 e. The molecule has 1 unspecified atom stereocenters. The van der Waals surface area contributed by atoms with Gasteiger partial charge in [-0.15, -0.1) is 0 Å². The van der Waals surface area contributed by atoms with Crippen LogP contribution in [0.4, 0.5) is 5.69 Å². The first-order valence-electron chi connectivity index (χ1n) is 5.59. The molecule has 6 heteroatoms. The molecular formula is C12H15NO4S. The molecule has 0 aromatic heterocycles. The van der Waals surface area contributed by atoms with Gasteiger partial charge in [0.2, 0.25) is 10.0 Å². The maximum absolute atomic E-state index is 11.7. The highest BCUT2D eigenvalue weighted by molar-refractivity contribution is 7.92. The number of aliphatic carboxylic acids is 1. The number of benzene rings is 1. The van der Waals surface area contributed by atoms with Crippen LogP contribution in [0.3, 0.4) is 0 Å². The number of hydrogen-bond donors (Lipinski definition) is 1. The molecule has 1 aromatic carbocycles. The van der Waals surface area contributed by atoms with Gasteiger partial charge in [-0.05, 0) is 24.1 Å². The van der Waals surface area contributed by atoms with Crippen molar-refractivity contribution in [1.29, 1.82) is 0 Å². The minimum Gasteiger partial charge on any atom is -0.481 e. The Morgan fingerprint density at radius 1 is 1.50 bits per heavy atom. The lowest BCUT2D eigenvalue weighted by Gasteiger charge is -2.17. The molecule has 5 nitrogen and oxygen atoms in total. The highest BCUT2D eigenvalue weighted by Gasteiger charge is 2.34. The summed E-state index contributed by atoms with van der Waals surface area (Å²) < 4.78 is 24.7. The number of anilines is 1. The molecule has 0 radical (unpaired) electrons. The zero-order valence-corrected chi connectivity index (χ0v) is 11.1. The minimum absolute atomic E-state index is 0.0535. The minimum atomic E-state index is -3.36. The Kier molecular flexibility index (Phi) is 3.06. The summed E-state index contributed by atoms with van der Waals surface area (Å²) in [6.07, 6.45) is 1.09. The normalized spacial score (nSPS) is 18.8. The molecule has 0 aliphatic carbocycles. The molecule has 0 bridgehead atoms. The quantitative estimate of drug-likeness (QED) is 0.898. The van der Waals surface area contributed by atoms with Crippen LogP contribution in [0.5, 0.6) is 0 Å². The predicted molar refractivity (Wildman–Crippen MR) is 68.4 cm³/mol. The van der Waals surface area contributed by atoms with E-state index in [1.54, 1.807) is 6.07 Å². The first-order chi connectivity index (χ1) is 8.29. The number of hydrogen-bond acceptors (Lipinski definition) is 3. The van der Waals surface area contributed by atoms with Gasteiger partial charge in [-0.3, -0.25) is 9.10 Å². The molecule has 1 N–H and O–H groups in total. The highest BCUT2D eigenvalue weighted by atomic mass is 32.2. The number of nitrogens with zero attached hydrogens (tertiary/aromatic N) is 1. The van der Waals surface area contributed by atoms with E-state index in [1.807, 2.05) is 19.1 Å². The smallest absolute Gasteiger partial charge is 0.304 e. The van der Waals surface area contributed by atoms with E-state index in [9.17, 15) is 13.2 Å². The van der Waals surface area contributed by atoms with Crippen molar-refractivity contribution in [1.82, 2.24) is 0 Å². The summed E-state index contributed by atoms with van der Waals surface area (Å²) in [6, 6.07) is 5.49. The van der Waals surface area contributed by atoms with Crippen molar-refractivity contribution in [3.8, 4) is 0 Å². The van der Waals surface area contributed by atoms with Crippen LogP contribution in [0, 0.1) is 6.92 Å². The first kappa shape index (κ1) is 12.9. The van der Waals surface area contributed by atoms with E-state index in [1.165, 1.54) is 4.31 Å². The maximum atomic E-state index is 11.7. The fraction of sp³-hybridized carbons (Fsp3) is 0.417. The molecule has 0 saturated heterocycles. The molecule has 0 fully saturated rings. The summed E-state index contributed by atoms with van der Waals surface area (Å²) in [5.41, 5.74) is 2.37. The van der Waals surface area contributed by atoms with E-state index >= 15 is 0 Å². The molecule has 0 saturated carbocycles. The summed E-state index contributed by atoms with van der Waals surface area (Å²) in [6.45, 7) is 2.09. The SMILES string of the molecule is Cc1ccc2c(c1)N(S(C)(=O)=O)CC2CC(=O)O. The van der Waals surface area contributed by atoms with Crippen LogP contribution in [0.2, 0.25) is 0 Å². The third kappa shape index (κ3) is 2.33. The second kappa shape index (κ2) is 4.28. The van der Waals surface area contributed by atoms with Crippen molar-refractivity contribution >= 4 is 21.7 Å². The second-order valence-corrected chi connectivity index (χ2v) is 6.56. The van der Waals surface area contributed by atoms with Crippen LogP contribution in [0.1, 0.15) is 23.5 Å². The number of carboxylic acid groups (broad SMARTS) is 1. The van der Waals surface area contributed by atoms with Gasteiger partial charge < -0.3 is 5.11 Å². The van der Waals surface area contributed by atoms with Crippen LogP contribution in [-0.4, -0.2) is 32.3 Å². The average molecular weight is 269 g/mol. The maximum Gasteiger partial charge on any atom is 0.304 e. The number of sulfonamides is 1. The van der Waals surface area contributed by atoms with Gasteiger partial charge in [0.1, 0.15) is 0 Å². The van der Waals surface area contributed by atoms with Gasteiger partial charge in [-0.1, -0.05) is 12.1 Å². The number of fused-ring (bicyclic) bond motifs is 1. The lowest BCUT2D eigenvalue weighted by Crippen LogP contribution is -2.29. The number of carboxylic acids is 1. The Bertz CT molecular complexity index is 594. The van der Waals surface area contributed by atoms with Crippen LogP contribution in [-0.2, 0) is 14.8 Å². The molecular weight excluding hydrogens is 254 g/mol. The Morgan fingerprint density at radius 3 is 2.72 bits per heavy atom. The van der Waals surface area contributed by atoms with Crippen molar-refractivity contribution < 1.29 is 18.3 Å². The Morgan fingerprint density at radius 2 is 2.17 bits per heavy atom. The van der Waals surface area contributed by atoms with E-state index in [0.29, 0.717) is 5.69 Å². The van der Waals surface area contributed by atoms with Crippen LogP contribution >= 0.6 is 0 Å². The first-order valence-corrected chi connectivity index (χ1v) is 7.44. The standard InChI is InChI=1S/C12H15NO4S/c1-8-3-4-10-9(6-12(14)15)7-13(11(10)5-8)18(2,16)17/h3-5,9H,6-7H2,1-2H3,(H,14,15). The lowest BCUT2D eigenvalue weighted by molar-refractivity contribution is -0.137. The summed E-state index contributed by atoms with van der Waals surface area (Å²) in [4.78, 5) is 10.8. The topological polar surface area (TPSA) is 74.7 Å². The van der Waals surface area contributed by atoms with Crippen molar-refractivity contribution in [3.05, 3.63) is 29.3 Å². The Balaban J connectivity index is 2.48. The van der Waals surface area contributed by atoms with Gasteiger partial charge >= 0.3 is 5.97 Å². The third-order valence-electron chi connectivity index (χ3n) is 3.10. The summed E-state index contributed by atoms with van der Waals surface area (Å²) >= 11 is 0. The third-order valence-corrected chi connectivity index (χ3v) is 4.25. The Hall–Kier alpha value is -1.56. The van der Waals surface area contributed by atoms with Gasteiger partial charge in [0, 0.05) is 12.5 Å². The molecule has 1 heterocycles. The summed E-state index contributed by atoms with van der Waals surface area (Å²) in [5.74, 6) is -1.19. The fourth-order valence-electron chi connectivity index (χ4n) is 2.31. The molecule has 98 valence electrons. The zero-order valence-electron chi connectivity index (χ0n) is 10.3. The highest BCUT2D eigenvalue weighted by Crippen LogP contribution is 2.39. The van der Waals surface area contributed by atoms with Crippen LogP contribution in [0.25, 0.3) is 0 Å². The number of carbonyl (C=O) groups is 1. The number of aryl methyl sites for hydroxylation is 1. The van der Waals surface area contributed by atoms with Crippen molar-refractivity contribution in [2.45, 2.75) is 19.3 Å². The fourth-order valence-corrected chi connectivity index (χ4v) is 3.28. The van der Waals surface area contributed by atoms with Crippen LogP contribution < -0.4 is 4.31 Å². The summed E-state index contributed by atoms with van der Waals surface area (Å²) in [7, 11) is -3.36. The predicted octanol–water partition coefficient (Wildman–Crippen LogP) is 1.33. The van der Waals surface area contributed by atoms with E-state index in [2.05, 4.69) is 0 Å². The van der Waals surface area contributed by atoms with E-state index in [4.69, 9.17) is 5.11 Å². The number of rotatable bonds is 3. The molecule has 1 aromatic rings. The molecule has 0 spiro atoms. The van der Waals surface area contributed by atoms with E-state index in [-0.39, 0.29) is 18.9 Å². The van der Waals surface area contributed by atoms with Gasteiger partial charge in [0.15, 0.2) is 0 Å². The molecule has 2 rings (SSSR count). The molecule has 1 aliphatic heterocycles. The zero-order chi connectivity index (χ0) is 13.5. The van der Waals surface area contributed by atoms with Crippen molar-refractivity contribution in [3.63, 3.8) is 0 Å². The molecule has 0 amide bonds. The van der Waals surface area contributed by atoms with Crippen molar-refractivity contribution in [2.75, 3.05) is 17.1 Å². The summed E-state index contributed by atoms with van der Waals surface area (Å²) in [5, 5.41) is 8.88. The van der Waals surface area contributed by atoms with Crippen molar-refractivity contribution in [2.24, 2.45) is 0 Å². The average Bonchev–Trinajstić information content (AvgIpc) is 2.55.